The van der Waals surface area contributed by atoms with Gasteiger partial charge in [-0.05, 0) is 44.2 Å². The van der Waals surface area contributed by atoms with Crippen LogP contribution in [-0.4, -0.2) is 54.2 Å². The molecule has 23 heavy (non-hydrogen) atoms. The summed E-state index contributed by atoms with van der Waals surface area (Å²) in [7, 11) is 0. The summed E-state index contributed by atoms with van der Waals surface area (Å²) in [6, 6.07) is 1.92. The highest BCUT2D eigenvalue weighted by molar-refractivity contribution is 7.14. The van der Waals surface area contributed by atoms with Crippen LogP contribution in [0.2, 0.25) is 0 Å². The summed E-state index contributed by atoms with van der Waals surface area (Å²) in [6.07, 6.45) is 3.92. The van der Waals surface area contributed by atoms with Crippen LogP contribution in [-0.2, 0) is 9.53 Å². The highest BCUT2D eigenvalue weighted by Gasteiger charge is 2.24. The first-order chi connectivity index (χ1) is 11.2. The molecule has 2 rings (SSSR count). The number of ether oxygens (including phenoxy) is 1. The predicted octanol–water partition coefficient (Wildman–Crippen LogP) is 2.10. The first-order valence-electron chi connectivity index (χ1n) is 8.05. The van der Waals surface area contributed by atoms with E-state index in [0.29, 0.717) is 23.6 Å². The third-order valence-corrected chi connectivity index (χ3v) is 4.80. The summed E-state index contributed by atoms with van der Waals surface area (Å²) in [6.45, 7) is 3.34. The lowest BCUT2D eigenvalue weighted by Gasteiger charge is -2.34. The van der Waals surface area contributed by atoms with Crippen LogP contribution < -0.4 is 5.32 Å². The molecule has 0 saturated carbocycles. The molecule has 2 heterocycles. The van der Waals surface area contributed by atoms with Crippen molar-refractivity contribution in [2.45, 2.75) is 38.6 Å². The number of likely N-dealkylation sites (tertiary alicyclic amines) is 1. The van der Waals surface area contributed by atoms with Gasteiger partial charge in [-0.15, -0.1) is 11.3 Å². The fourth-order valence-electron chi connectivity index (χ4n) is 2.87. The van der Waals surface area contributed by atoms with Crippen LogP contribution in [0.1, 0.15) is 43.0 Å². The molecule has 1 aromatic heterocycles. The van der Waals surface area contributed by atoms with Crippen molar-refractivity contribution >= 4 is 28.2 Å². The molecule has 128 valence electrons. The van der Waals surface area contributed by atoms with Gasteiger partial charge in [-0.2, -0.15) is 0 Å². The fraction of sp³-hybridized carbons (Fsp3) is 0.625. The van der Waals surface area contributed by atoms with Crippen molar-refractivity contribution in [3.63, 3.8) is 0 Å². The van der Waals surface area contributed by atoms with Crippen molar-refractivity contribution in [1.29, 1.82) is 0 Å². The normalized spacial score (nSPS) is 18.6. The topological polar surface area (TPSA) is 78.9 Å². The summed E-state index contributed by atoms with van der Waals surface area (Å²) in [5, 5.41) is 14.3. The number of anilines is 1. The molecule has 7 heteroatoms. The lowest BCUT2D eigenvalue weighted by molar-refractivity contribution is -0.118. The van der Waals surface area contributed by atoms with Gasteiger partial charge in [-0.3, -0.25) is 9.69 Å². The average molecular weight is 340 g/mol. The number of rotatable bonds is 7. The molecule has 1 atom stereocenters. The smallest absolute Gasteiger partial charge is 0.341 e. The Morgan fingerprint density at radius 3 is 3.04 bits per heavy atom. The molecule has 6 nitrogen and oxygen atoms in total. The number of hydrogen-bond donors (Lipinski definition) is 2. The van der Waals surface area contributed by atoms with Gasteiger partial charge in [-0.1, -0.05) is 6.42 Å². The Kier molecular flexibility index (Phi) is 7.01. The van der Waals surface area contributed by atoms with Gasteiger partial charge >= 0.3 is 5.97 Å². The third kappa shape index (κ3) is 5.02. The van der Waals surface area contributed by atoms with Gasteiger partial charge in [0.15, 0.2) is 0 Å². The summed E-state index contributed by atoms with van der Waals surface area (Å²) < 4.78 is 4.99. The van der Waals surface area contributed by atoms with Gasteiger partial charge in [-0.25, -0.2) is 4.79 Å². The zero-order chi connectivity index (χ0) is 16.7. The molecular weight excluding hydrogens is 316 g/mol. The van der Waals surface area contributed by atoms with Crippen LogP contribution in [0.25, 0.3) is 0 Å². The molecule has 1 unspecified atom stereocenters. The van der Waals surface area contributed by atoms with Gasteiger partial charge in [0.05, 0.1) is 18.7 Å². The second kappa shape index (κ2) is 9.00. The Hall–Kier alpha value is -1.44. The molecular formula is C16H24N2O4S. The highest BCUT2D eigenvalue weighted by Crippen LogP contribution is 2.25. The van der Waals surface area contributed by atoms with Crippen molar-refractivity contribution in [1.82, 2.24) is 4.90 Å². The quantitative estimate of drug-likeness (QED) is 0.743. The molecule has 1 fully saturated rings. The van der Waals surface area contributed by atoms with Crippen LogP contribution in [0.4, 0.5) is 5.00 Å². The number of carbonyl (C=O) groups excluding carboxylic acids is 2. The van der Waals surface area contributed by atoms with Gasteiger partial charge in [0.1, 0.15) is 5.00 Å². The lowest BCUT2D eigenvalue weighted by Crippen LogP contribution is -2.44. The van der Waals surface area contributed by atoms with E-state index in [1.807, 2.05) is 0 Å². The van der Waals surface area contributed by atoms with Crippen molar-refractivity contribution in [2.75, 3.05) is 31.6 Å². The van der Waals surface area contributed by atoms with Crippen molar-refractivity contribution in [3.8, 4) is 0 Å². The Morgan fingerprint density at radius 2 is 2.30 bits per heavy atom. The molecule has 1 aliphatic rings. The minimum Gasteiger partial charge on any atom is -0.462 e. The zero-order valence-corrected chi connectivity index (χ0v) is 14.2. The monoisotopic (exact) mass is 340 g/mol. The van der Waals surface area contributed by atoms with Crippen LogP contribution in [0.15, 0.2) is 11.4 Å². The van der Waals surface area contributed by atoms with E-state index in [1.54, 1.807) is 18.4 Å². The van der Waals surface area contributed by atoms with Crippen LogP contribution in [0.5, 0.6) is 0 Å². The Bertz CT molecular complexity index is 530. The molecule has 0 aliphatic carbocycles. The van der Waals surface area contributed by atoms with E-state index < -0.39 is 5.97 Å². The van der Waals surface area contributed by atoms with Crippen LogP contribution >= 0.6 is 11.3 Å². The minimum absolute atomic E-state index is 0.136. The van der Waals surface area contributed by atoms with E-state index in [-0.39, 0.29) is 25.1 Å². The Morgan fingerprint density at radius 1 is 1.48 bits per heavy atom. The SMILES string of the molecule is CCOC(=O)c1ccsc1NC(=O)CN1CCCCC1CCO. The number of nitrogens with one attached hydrogen (secondary N) is 1. The maximum Gasteiger partial charge on any atom is 0.341 e. The molecule has 1 aliphatic heterocycles. The standard InChI is InChI=1S/C16H24N2O4S/c1-2-22-16(21)13-7-10-23-15(13)17-14(20)11-18-8-4-3-5-12(18)6-9-19/h7,10,12,19H,2-6,8-9,11H2,1H3,(H,17,20). The maximum atomic E-state index is 12.3. The van der Waals surface area contributed by atoms with E-state index in [4.69, 9.17) is 9.84 Å². The predicted molar refractivity (Wildman–Crippen MR) is 89.8 cm³/mol. The number of aliphatic hydroxyl groups is 1. The van der Waals surface area contributed by atoms with Gasteiger partial charge < -0.3 is 15.2 Å². The molecule has 0 radical (unpaired) electrons. The summed E-state index contributed by atoms with van der Waals surface area (Å²) in [5.41, 5.74) is 0.399. The van der Waals surface area contributed by atoms with Crippen molar-refractivity contribution < 1.29 is 19.4 Å². The third-order valence-electron chi connectivity index (χ3n) is 3.97. The summed E-state index contributed by atoms with van der Waals surface area (Å²) >= 11 is 1.31. The van der Waals surface area contributed by atoms with E-state index in [0.717, 1.165) is 25.8 Å². The fourth-order valence-corrected chi connectivity index (χ4v) is 3.66. The maximum absolute atomic E-state index is 12.3. The molecule has 1 aromatic rings. The molecule has 1 saturated heterocycles. The largest absolute Gasteiger partial charge is 0.462 e. The minimum atomic E-state index is -0.417. The molecule has 0 spiro atoms. The number of aliphatic hydroxyl groups excluding tert-OH is 1. The molecule has 0 bridgehead atoms. The first kappa shape index (κ1) is 17.9. The summed E-state index contributed by atoms with van der Waals surface area (Å²) in [4.78, 5) is 26.2. The lowest BCUT2D eigenvalue weighted by atomic mass is 10.00. The number of esters is 1. The van der Waals surface area contributed by atoms with Crippen LogP contribution in [0, 0.1) is 0 Å². The number of thiophene rings is 1. The molecule has 0 aromatic carbocycles. The Labute approximate surface area is 140 Å². The van der Waals surface area contributed by atoms with Crippen LogP contribution in [0.3, 0.4) is 0 Å². The average Bonchev–Trinajstić information content (AvgIpc) is 2.98. The van der Waals surface area contributed by atoms with E-state index >= 15 is 0 Å². The van der Waals surface area contributed by atoms with E-state index in [1.165, 1.54) is 11.3 Å². The molecule has 2 N–H and O–H groups in total. The number of carbonyl (C=O) groups is 2. The van der Waals surface area contributed by atoms with Gasteiger partial charge in [0.25, 0.3) is 0 Å². The van der Waals surface area contributed by atoms with Crippen molar-refractivity contribution in [3.05, 3.63) is 17.0 Å². The number of hydrogen-bond acceptors (Lipinski definition) is 6. The highest BCUT2D eigenvalue weighted by atomic mass is 32.1. The first-order valence-corrected chi connectivity index (χ1v) is 8.93. The van der Waals surface area contributed by atoms with Gasteiger partial charge in [0, 0.05) is 12.6 Å². The number of piperidine rings is 1. The van der Waals surface area contributed by atoms with E-state index in [9.17, 15) is 9.59 Å². The van der Waals surface area contributed by atoms with Gasteiger partial charge in [0.2, 0.25) is 5.91 Å². The second-order valence-corrected chi connectivity index (χ2v) is 6.48. The van der Waals surface area contributed by atoms with Crippen molar-refractivity contribution in [2.24, 2.45) is 0 Å². The Balaban J connectivity index is 1.94. The summed E-state index contributed by atoms with van der Waals surface area (Å²) in [5.74, 6) is -0.553. The number of amides is 1. The van der Waals surface area contributed by atoms with E-state index in [2.05, 4.69) is 10.2 Å². The number of nitrogens with zero attached hydrogens (tertiary/aromatic N) is 1. The zero-order valence-electron chi connectivity index (χ0n) is 13.4. The second-order valence-electron chi connectivity index (χ2n) is 5.56. The molecule has 1 amide bonds.